The molecule has 2 aliphatic rings. The lowest BCUT2D eigenvalue weighted by Gasteiger charge is -2.35. The number of morpholine rings is 1. The third kappa shape index (κ3) is 3.39. The van der Waals surface area contributed by atoms with E-state index in [2.05, 4.69) is 9.88 Å². The molecular formula is C23H26N4O3. The number of nitrogens with one attached hydrogen (secondary N) is 1. The molecule has 2 aromatic carbocycles. The van der Waals surface area contributed by atoms with E-state index in [1.165, 1.54) is 0 Å². The number of H-pyrrole nitrogens is 1. The van der Waals surface area contributed by atoms with Crippen LogP contribution < -0.4 is 10.6 Å². The van der Waals surface area contributed by atoms with Gasteiger partial charge in [0, 0.05) is 37.9 Å². The monoisotopic (exact) mass is 406 g/mol. The molecule has 1 N–H and O–H groups in total. The lowest BCUT2D eigenvalue weighted by molar-refractivity contribution is 0.0694. The zero-order valence-corrected chi connectivity index (χ0v) is 16.9. The van der Waals surface area contributed by atoms with Crippen LogP contribution in [0.1, 0.15) is 29.2 Å². The molecule has 7 heteroatoms. The van der Waals surface area contributed by atoms with Crippen molar-refractivity contribution in [1.29, 1.82) is 0 Å². The number of likely N-dealkylation sites (tertiary alicyclic amines) is 1. The predicted molar refractivity (Wildman–Crippen MR) is 116 cm³/mol. The summed E-state index contributed by atoms with van der Waals surface area (Å²) >= 11 is 0. The van der Waals surface area contributed by atoms with Gasteiger partial charge in [0.25, 0.3) is 5.91 Å². The number of benzene rings is 2. The van der Waals surface area contributed by atoms with Gasteiger partial charge in [0.05, 0.1) is 29.8 Å². The number of anilines is 1. The maximum Gasteiger partial charge on any atom is 0.326 e. The van der Waals surface area contributed by atoms with E-state index in [0.29, 0.717) is 26.3 Å². The van der Waals surface area contributed by atoms with E-state index in [1.54, 1.807) is 0 Å². The number of piperidine rings is 1. The first-order valence-electron chi connectivity index (χ1n) is 10.6. The third-order valence-electron chi connectivity index (χ3n) is 6.23. The molecule has 5 rings (SSSR count). The van der Waals surface area contributed by atoms with E-state index in [4.69, 9.17) is 4.74 Å². The first kappa shape index (κ1) is 18.9. The number of imidazole rings is 1. The Hall–Kier alpha value is -3.06. The average Bonchev–Trinajstić information content (AvgIpc) is 3.15. The average molecular weight is 406 g/mol. The molecule has 2 fully saturated rings. The smallest absolute Gasteiger partial charge is 0.326 e. The predicted octanol–water partition coefficient (Wildman–Crippen LogP) is 2.64. The second-order valence-corrected chi connectivity index (χ2v) is 7.96. The molecule has 0 spiro atoms. The van der Waals surface area contributed by atoms with Crippen molar-refractivity contribution in [3.63, 3.8) is 0 Å². The normalized spacial score (nSPS) is 18.1. The van der Waals surface area contributed by atoms with E-state index in [0.717, 1.165) is 48.2 Å². The van der Waals surface area contributed by atoms with Crippen molar-refractivity contribution in [2.24, 2.45) is 0 Å². The molecule has 1 amide bonds. The first-order valence-corrected chi connectivity index (χ1v) is 10.6. The van der Waals surface area contributed by atoms with Gasteiger partial charge in [-0.25, -0.2) is 4.79 Å². The number of fused-ring (bicyclic) bond motifs is 1. The van der Waals surface area contributed by atoms with Crippen LogP contribution in [-0.2, 0) is 4.74 Å². The fourth-order valence-corrected chi connectivity index (χ4v) is 4.67. The molecule has 0 atom stereocenters. The van der Waals surface area contributed by atoms with Crippen molar-refractivity contribution in [2.75, 3.05) is 44.3 Å². The minimum Gasteiger partial charge on any atom is -0.378 e. The van der Waals surface area contributed by atoms with Gasteiger partial charge in [0.1, 0.15) is 0 Å². The maximum atomic E-state index is 13.3. The van der Waals surface area contributed by atoms with E-state index in [-0.39, 0.29) is 17.6 Å². The van der Waals surface area contributed by atoms with Crippen molar-refractivity contribution < 1.29 is 9.53 Å². The Bertz CT molecular complexity index is 1100. The molecule has 2 aliphatic heterocycles. The molecule has 1 aromatic heterocycles. The van der Waals surface area contributed by atoms with Gasteiger partial charge >= 0.3 is 5.69 Å². The molecular weight excluding hydrogens is 380 g/mol. The van der Waals surface area contributed by atoms with Gasteiger partial charge in [-0.1, -0.05) is 24.3 Å². The number of nitrogens with zero attached hydrogens (tertiary/aromatic N) is 3. The largest absolute Gasteiger partial charge is 0.378 e. The van der Waals surface area contributed by atoms with Crippen molar-refractivity contribution in [3.8, 4) is 0 Å². The molecule has 30 heavy (non-hydrogen) atoms. The molecule has 7 nitrogen and oxygen atoms in total. The van der Waals surface area contributed by atoms with Crippen molar-refractivity contribution >= 4 is 22.6 Å². The molecule has 0 radical (unpaired) electrons. The minimum atomic E-state index is -0.0707. The SMILES string of the molecule is O=C(c1ccccc1N1CCOCC1)N1CCC(n2c(=O)[nH]c3ccccc32)CC1. The quantitative estimate of drug-likeness (QED) is 0.726. The molecule has 0 aliphatic carbocycles. The molecule has 0 bridgehead atoms. The third-order valence-corrected chi connectivity index (χ3v) is 6.23. The molecule has 0 saturated carbocycles. The van der Waals surface area contributed by atoms with Crippen LogP contribution in [0.2, 0.25) is 0 Å². The molecule has 3 aromatic rings. The van der Waals surface area contributed by atoms with Gasteiger partial charge in [-0.3, -0.25) is 9.36 Å². The number of aromatic nitrogens is 2. The number of hydrogen-bond donors (Lipinski definition) is 1. The molecule has 156 valence electrons. The number of amides is 1. The Labute approximate surface area is 174 Å². The van der Waals surface area contributed by atoms with Crippen molar-refractivity contribution in [3.05, 3.63) is 64.6 Å². The standard InChI is InChI=1S/C23H26N4O3/c28-22(18-5-1-3-7-20(18)25-13-15-30-16-14-25)26-11-9-17(10-12-26)27-21-8-4-2-6-19(21)24-23(27)29/h1-8,17H,9-16H2,(H,24,29). The highest BCUT2D eigenvalue weighted by Crippen LogP contribution is 2.28. The first-order chi connectivity index (χ1) is 14.7. The highest BCUT2D eigenvalue weighted by atomic mass is 16.5. The van der Waals surface area contributed by atoms with E-state index < -0.39 is 0 Å². The van der Waals surface area contributed by atoms with Crippen LogP contribution in [0.3, 0.4) is 0 Å². The Kier molecular flexibility index (Phi) is 5.04. The zero-order chi connectivity index (χ0) is 20.5. The summed E-state index contributed by atoms with van der Waals surface area (Å²) in [4.78, 5) is 32.9. The van der Waals surface area contributed by atoms with Gasteiger partial charge < -0.3 is 19.5 Å². The van der Waals surface area contributed by atoms with Gasteiger partial charge in [-0.15, -0.1) is 0 Å². The Balaban J connectivity index is 1.33. The van der Waals surface area contributed by atoms with Crippen LogP contribution in [0.15, 0.2) is 53.3 Å². The summed E-state index contributed by atoms with van der Waals surface area (Å²) in [5.74, 6) is 0.0711. The van der Waals surface area contributed by atoms with E-state index >= 15 is 0 Å². The van der Waals surface area contributed by atoms with Crippen LogP contribution >= 0.6 is 0 Å². The van der Waals surface area contributed by atoms with Gasteiger partial charge in [0.2, 0.25) is 0 Å². The Morgan fingerprint density at radius 2 is 1.63 bits per heavy atom. The Morgan fingerprint density at radius 3 is 2.43 bits per heavy atom. The number of ether oxygens (including phenoxy) is 1. The van der Waals surface area contributed by atoms with Crippen molar-refractivity contribution in [2.45, 2.75) is 18.9 Å². The molecule has 3 heterocycles. The molecule has 2 saturated heterocycles. The van der Waals surface area contributed by atoms with Crippen molar-refractivity contribution in [1.82, 2.24) is 14.5 Å². The number of hydrogen-bond acceptors (Lipinski definition) is 4. The Morgan fingerprint density at radius 1 is 0.933 bits per heavy atom. The van der Waals surface area contributed by atoms with Crippen LogP contribution in [0.4, 0.5) is 5.69 Å². The zero-order valence-electron chi connectivity index (χ0n) is 16.9. The minimum absolute atomic E-state index is 0.0707. The van der Waals surface area contributed by atoms with Gasteiger partial charge in [-0.2, -0.15) is 0 Å². The van der Waals surface area contributed by atoms with E-state index in [9.17, 15) is 9.59 Å². The van der Waals surface area contributed by atoms with E-state index in [1.807, 2.05) is 58.0 Å². The summed E-state index contributed by atoms with van der Waals surface area (Å²) < 4.78 is 7.32. The number of carbonyl (C=O) groups is 1. The number of carbonyl (C=O) groups excluding carboxylic acids is 1. The second kappa shape index (κ2) is 7.99. The van der Waals surface area contributed by atoms with Crippen LogP contribution in [0, 0.1) is 0 Å². The summed E-state index contributed by atoms with van der Waals surface area (Å²) in [7, 11) is 0. The molecule has 0 unspecified atom stereocenters. The number of aromatic amines is 1. The van der Waals surface area contributed by atoms with Crippen LogP contribution in [-0.4, -0.2) is 59.8 Å². The fourth-order valence-electron chi connectivity index (χ4n) is 4.67. The summed E-state index contributed by atoms with van der Waals surface area (Å²) in [5, 5.41) is 0. The summed E-state index contributed by atoms with van der Waals surface area (Å²) in [5.41, 5.74) is 3.46. The second-order valence-electron chi connectivity index (χ2n) is 7.96. The summed E-state index contributed by atoms with van der Waals surface area (Å²) in [6.07, 6.45) is 1.54. The highest BCUT2D eigenvalue weighted by Gasteiger charge is 2.28. The lowest BCUT2D eigenvalue weighted by atomic mass is 10.0. The van der Waals surface area contributed by atoms with Gasteiger partial charge in [0.15, 0.2) is 0 Å². The van der Waals surface area contributed by atoms with Gasteiger partial charge in [-0.05, 0) is 37.1 Å². The summed E-state index contributed by atoms with van der Waals surface area (Å²) in [6.45, 7) is 4.27. The lowest BCUT2D eigenvalue weighted by Crippen LogP contribution is -2.42. The fraction of sp³-hybridized carbons (Fsp3) is 0.391. The maximum absolute atomic E-state index is 13.3. The topological polar surface area (TPSA) is 70.6 Å². The van der Waals surface area contributed by atoms with Crippen LogP contribution in [0.5, 0.6) is 0 Å². The van der Waals surface area contributed by atoms with Crippen LogP contribution in [0.25, 0.3) is 11.0 Å². The number of rotatable bonds is 3. The summed E-state index contributed by atoms with van der Waals surface area (Å²) in [6, 6.07) is 15.7. The number of para-hydroxylation sites is 3. The highest BCUT2D eigenvalue weighted by molar-refractivity contribution is 6.00.